The van der Waals surface area contributed by atoms with Crippen molar-refractivity contribution in [3.8, 4) is 0 Å². The highest BCUT2D eigenvalue weighted by Crippen LogP contribution is 2.42. The van der Waals surface area contributed by atoms with Crippen molar-refractivity contribution in [3.63, 3.8) is 0 Å². The first-order valence-electron chi connectivity index (χ1n) is 8.19. The Bertz CT molecular complexity index is 441. The monoisotopic (exact) mass is 278 g/mol. The minimum atomic E-state index is -0.732. The highest BCUT2D eigenvalue weighted by molar-refractivity contribution is 5.22. The van der Waals surface area contributed by atoms with Gasteiger partial charge >= 0.3 is 0 Å². The van der Waals surface area contributed by atoms with Crippen LogP contribution in [0, 0.1) is 23.5 Å². The molecule has 0 N–H and O–H groups in total. The van der Waals surface area contributed by atoms with Crippen molar-refractivity contribution in [3.05, 3.63) is 35.4 Å². The van der Waals surface area contributed by atoms with Gasteiger partial charge in [-0.05, 0) is 61.1 Å². The molecule has 0 aromatic heterocycles. The smallest absolute Gasteiger partial charge is 0.159 e. The lowest BCUT2D eigenvalue weighted by Gasteiger charge is -2.36. The standard InChI is InChI=1S/C18H24F2/c19-17-11-10-16(12-18(17)20)15-8-6-14(7-9-15)13-4-2-1-3-5-13/h10-15H,1-9H2. The summed E-state index contributed by atoms with van der Waals surface area (Å²) in [5, 5.41) is 0. The van der Waals surface area contributed by atoms with Crippen LogP contribution in [0.3, 0.4) is 0 Å². The predicted octanol–water partition coefficient (Wildman–Crippen LogP) is 5.82. The quantitative estimate of drug-likeness (QED) is 0.639. The summed E-state index contributed by atoms with van der Waals surface area (Å²) in [6, 6.07) is 4.45. The van der Waals surface area contributed by atoms with E-state index in [0.717, 1.165) is 30.2 Å². The van der Waals surface area contributed by atoms with Crippen LogP contribution in [0.4, 0.5) is 8.78 Å². The molecule has 0 spiro atoms. The minimum absolute atomic E-state index is 0.435. The molecule has 1 aromatic rings. The van der Waals surface area contributed by atoms with E-state index in [2.05, 4.69) is 0 Å². The molecule has 2 saturated carbocycles. The van der Waals surface area contributed by atoms with Crippen LogP contribution in [0.15, 0.2) is 18.2 Å². The maximum atomic E-state index is 13.3. The number of rotatable bonds is 2. The summed E-state index contributed by atoms with van der Waals surface area (Å²) in [6.07, 6.45) is 11.9. The van der Waals surface area contributed by atoms with E-state index >= 15 is 0 Å². The first-order chi connectivity index (χ1) is 9.74. The maximum absolute atomic E-state index is 13.3. The molecule has 0 amide bonds. The highest BCUT2D eigenvalue weighted by Gasteiger charge is 2.29. The molecule has 2 aliphatic rings. The Balaban J connectivity index is 1.58. The molecule has 0 unspecified atom stereocenters. The lowest BCUT2D eigenvalue weighted by Crippen LogP contribution is -2.23. The van der Waals surface area contributed by atoms with Crippen LogP contribution in [0.5, 0.6) is 0 Å². The molecule has 0 bridgehead atoms. The van der Waals surface area contributed by atoms with Crippen LogP contribution in [-0.4, -0.2) is 0 Å². The number of halogens is 2. The second-order valence-electron chi connectivity index (χ2n) is 6.68. The molecule has 2 aliphatic carbocycles. The molecule has 20 heavy (non-hydrogen) atoms. The van der Waals surface area contributed by atoms with E-state index in [1.54, 1.807) is 6.07 Å². The van der Waals surface area contributed by atoms with E-state index in [4.69, 9.17) is 0 Å². The predicted molar refractivity (Wildman–Crippen MR) is 77.6 cm³/mol. The van der Waals surface area contributed by atoms with E-state index in [-0.39, 0.29) is 0 Å². The Kier molecular flexibility index (Phi) is 4.38. The zero-order chi connectivity index (χ0) is 13.9. The summed E-state index contributed by atoms with van der Waals surface area (Å²) in [6.45, 7) is 0. The van der Waals surface area contributed by atoms with Gasteiger partial charge in [-0.2, -0.15) is 0 Å². The van der Waals surface area contributed by atoms with Crippen molar-refractivity contribution in [2.24, 2.45) is 11.8 Å². The Labute approximate surface area is 120 Å². The molecular formula is C18H24F2. The van der Waals surface area contributed by atoms with Gasteiger partial charge in [0.05, 0.1) is 0 Å². The van der Waals surface area contributed by atoms with Crippen LogP contribution < -0.4 is 0 Å². The van der Waals surface area contributed by atoms with Crippen molar-refractivity contribution in [2.45, 2.75) is 63.7 Å². The van der Waals surface area contributed by atoms with Crippen molar-refractivity contribution < 1.29 is 8.78 Å². The van der Waals surface area contributed by atoms with Crippen molar-refractivity contribution in [1.82, 2.24) is 0 Å². The normalized spacial score (nSPS) is 28.5. The Morgan fingerprint density at radius 2 is 1.35 bits per heavy atom. The van der Waals surface area contributed by atoms with Crippen LogP contribution >= 0.6 is 0 Å². The molecule has 0 nitrogen and oxygen atoms in total. The van der Waals surface area contributed by atoms with E-state index < -0.39 is 11.6 Å². The molecule has 1 aromatic carbocycles. The summed E-state index contributed by atoms with van der Waals surface area (Å²) in [4.78, 5) is 0. The molecule has 0 heterocycles. The maximum Gasteiger partial charge on any atom is 0.159 e. The van der Waals surface area contributed by atoms with Gasteiger partial charge in [-0.15, -0.1) is 0 Å². The zero-order valence-electron chi connectivity index (χ0n) is 12.1. The molecule has 0 aliphatic heterocycles. The van der Waals surface area contributed by atoms with Crippen molar-refractivity contribution in [2.75, 3.05) is 0 Å². The number of benzene rings is 1. The van der Waals surface area contributed by atoms with Crippen LogP contribution in [0.1, 0.15) is 69.3 Å². The molecule has 2 fully saturated rings. The van der Waals surface area contributed by atoms with E-state index in [9.17, 15) is 8.78 Å². The summed E-state index contributed by atoms with van der Waals surface area (Å²) in [7, 11) is 0. The largest absolute Gasteiger partial charge is 0.204 e. The fraction of sp³-hybridized carbons (Fsp3) is 0.667. The van der Waals surface area contributed by atoms with Gasteiger partial charge < -0.3 is 0 Å². The summed E-state index contributed by atoms with van der Waals surface area (Å²) in [5.74, 6) is 0.831. The van der Waals surface area contributed by atoms with E-state index in [1.165, 1.54) is 57.1 Å². The molecular weight excluding hydrogens is 254 g/mol. The summed E-state index contributed by atoms with van der Waals surface area (Å²) >= 11 is 0. The third kappa shape index (κ3) is 3.05. The third-order valence-electron chi connectivity index (χ3n) is 5.50. The lowest BCUT2D eigenvalue weighted by atomic mass is 9.70. The van der Waals surface area contributed by atoms with Gasteiger partial charge in [-0.3, -0.25) is 0 Å². The Hall–Kier alpha value is -0.920. The highest BCUT2D eigenvalue weighted by atomic mass is 19.2. The van der Waals surface area contributed by atoms with Crippen LogP contribution in [-0.2, 0) is 0 Å². The van der Waals surface area contributed by atoms with E-state index in [1.807, 2.05) is 0 Å². The fourth-order valence-electron chi connectivity index (χ4n) is 4.30. The van der Waals surface area contributed by atoms with Gasteiger partial charge in [0.25, 0.3) is 0 Å². The van der Waals surface area contributed by atoms with Gasteiger partial charge in [-0.1, -0.05) is 38.2 Å². The second kappa shape index (κ2) is 6.24. The zero-order valence-corrected chi connectivity index (χ0v) is 12.1. The Morgan fingerprint density at radius 1 is 0.700 bits per heavy atom. The number of hydrogen-bond acceptors (Lipinski definition) is 0. The van der Waals surface area contributed by atoms with Gasteiger partial charge in [-0.25, -0.2) is 8.78 Å². The van der Waals surface area contributed by atoms with Crippen LogP contribution in [0.25, 0.3) is 0 Å². The third-order valence-corrected chi connectivity index (χ3v) is 5.50. The topological polar surface area (TPSA) is 0 Å². The molecule has 0 atom stereocenters. The first kappa shape index (κ1) is 14.0. The molecule has 2 heteroatoms. The van der Waals surface area contributed by atoms with Crippen molar-refractivity contribution in [1.29, 1.82) is 0 Å². The van der Waals surface area contributed by atoms with Gasteiger partial charge in [0.2, 0.25) is 0 Å². The minimum Gasteiger partial charge on any atom is -0.204 e. The molecule has 0 saturated heterocycles. The second-order valence-corrected chi connectivity index (χ2v) is 6.68. The average molecular weight is 278 g/mol. The van der Waals surface area contributed by atoms with Crippen LogP contribution in [0.2, 0.25) is 0 Å². The number of hydrogen-bond donors (Lipinski definition) is 0. The van der Waals surface area contributed by atoms with Gasteiger partial charge in [0, 0.05) is 0 Å². The average Bonchev–Trinajstić information content (AvgIpc) is 2.51. The Morgan fingerprint density at radius 3 is 2.00 bits per heavy atom. The van der Waals surface area contributed by atoms with Gasteiger partial charge in [0.15, 0.2) is 11.6 Å². The SMILES string of the molecule is Fc1ccc(C2CCC(C3CCCCC3)CC2)cc1F. The summed E-state index contributed by atoms with van der Waals surface area (Å²) < 4.78 is 26.3. The fourth-order valence-corrected chi connectivity index (χ4v) is 4.30. The summed E-state index contributed by atoms with van der Waals surface area (Å²) in [5.41, 5.74) is 0.992. The lowest BCUT2D eigenvalue weighted by molar-refractivity contribution is 0.186. The van der Waals surface area contributed by atoms with Crippen molar-refractivity contribution >= 4 is 0 Å². The van der Waals surface area contributed by atoms with Gasteiger partial charge in [0.1, 0.15) is 0 Å². The van der Waals surface area contributed by atoms with E-state index in [0.29, 0.717) is 5.92 Å². The molecule has 0 radical (unpaired) electrons. The first-order valence-corrected chi connectivity index (χ1v) is 8.19. The molecule has 110 valence electrons. The molecule has 3 rings (SSSR count).